The first kappa shape index (κ1) is 54.5. The summed E-state index contributed by atoms with van der Waals surface area (Å²) in [5.41, 5.74) is 2.70. The van der Waals surface area contributed by atoms with Crippen LogP contribution in [-0.2, 0) is 39.8 Å². The van der Waals surface area contributed by atoms with Crippen LogP contribution < -0.4 is 54.0 Å². The molecule has 4 atom stereocenters. The minimum absolute atomic E-state index is 0. The van der Waals surface area contributed by atoms with E-state index in [1.807, 2.05) is 30.3 Å². The Bertz CT molecular complexity index is 2810. The van der Waals surface area contributed by atoms with Crippen LogP contribution in [0, 0.1) is 0 Å². The van der Waals surface area contributed by atoms with E-state index in [1.54, 1.807) is 92.6 Å². The van der Waals surface area contributed by atoms with Gasteiger partial charge in [0, 0.05) is 21.4 Å². The van der Waals surface area contributed by atoms with Gasteiger partial charge in [-0.1, -0.05) is 47.5 Å². The van der Waals surface area contributed by atoms with Gasteiger partial charge in [0.2, 0.25) is 0 Å². The second-order valence-electron chi connectivity index (χ2n) is 14.3. The number of tetrazole rings is 2. The van der Waals surface area contributed by atoms with Gasteiger partial charge in [-0.05, 0) is 103 Å². The Kier molecular flexibility index (Phi) is 19.8. The van der Waals surface area contributed by atoms with Crippen LogP contribution in [0.5, 0.6) is 11.5 Å². The molecule has 0 bridgehead atoms. The Morgan fingerprint density at radius 3 is 1.66 bits per heavy atom. The van der Waals surface area contributed by atoms with Gasteiger partial charge < -0.3 is 33.5 Å². The molecule has 23 nitrogen and oxygen atoms in total. The number of carbonyl (C=O) groups is 4. The third-order valence-corrected chi connectivity index (χ3v) is 10.8. The molecule has 0 spiro atoms. The van der Waals surface area contributed by atoms with Crippen LogP contribution in [0.25, 0.3) is 0 Å². The summed E-state index contributed by atoms with van der Waals surface area (Å²) in [6.45, 7) is 3.65. The zero-order valence-electron chi connectivity index (χ0n) is 38.3. The van der Waals surface area contributed by atoms with Crippen LogP contribution >= 0.6 is 23.2 Å². The Labute approximate surface area is 432 Å². The van der Waals surface area contributed by atoms with Gasteiger partial charge in [-0.2, -0.15) is 13.2 Å². The average Bonchev–Trinajstić information content (AvgIpc) is 4.17. The van der Waals surface area contributed by atoms with Crippen molar-refractivity contribution in [2.45, 2.75) is 44.7 Å². The van der Waals surface area contributed by atoms with Gasteiger partial charge in [-0.3, -0.25) is 24.4 Å². The predicted octanol–water partition coefficient (Wildman–Crippen LogP) is 2.68. The Balaban J connectivity index is 0.000000217. The summed E-state index contributed by atoms with van der Waals surface area (Å²) in [6, 6.07) is 27.0. The van der Waals surface area contributed by atoms with E-state index in [-0.39, 0.29) is 61.0 Å². The van der Waals surface area contributed by atoms with Crippen LogP contribution in [0.15, 0.2) is 97.1 Å². The molecule has 6 aromatic rings. The van der Waals surface area contributed by atoms with Crippen molar-refractivity contribution in [1.29, 1.82) is 0 Å². The van der Waals surface area contributed by atoms with Crippen LogP contribution in [0.3, 0.4) is 0 Å². The monoisotopic (exact) mass is 1030 g/mol. The van der Waals surface area contributed by atoms with Crippen molar-refractivity contribution in [3.05, 3.63) is 130 Å². The zero-order valence-corrected chi connectivity index (χ0v) is 42.6. The first-order valence-corrected chi connectivity index (χ1v) is 23.1. The van der Waals surface area contributed by atoms with E-state index in [9.17, 15) is 27.6 Å². The normalized spacial score (nSPS) is 17.1. The van der Waals surface area contributed by atoms with Gasteiger partial charge in [-0.25, -0.2) is 24.3 Å². The fourth-order valence-corrected chi connectivity index (χ4v) is 7.44. The van der Waals surface area contributed by atoms with Gasteiger partial charge in [0.15, 0.2) is 11.9 Å². The van der Waals surface area contributed by atoms with Crippen molar-refractivity contribution in [2.75, 3.05) is 50.1 Å². The molecule has 0 radical (unpaired) electrons. The summed E-state index contributed by atoms with van der Waals surface area (Å²) in [5.74, 6) is -0.280. The molecule has 2 saturated heterocycles. The summed E-state index contributed by atoms with van der Waals surface area (Å²) in [6.07, 6.45) is -1.69. The van der Waals surface area contributed by atoms with Gasteiger partial charge in [-0.15, -0.1) is 10.2 Å². The Morgan fingerprint density at radius 2 is 1.20 bits per heavy atom. The van der Waals surface area contributed by atoms with E-state index < -0.39 is 58.5 Å². The topological polar surface area (TPSA) is 270 Å². The smallest absolute Gasteiger partial charge is 0.497 e. The summed E-state index contributed by atoms with van der Waals surface area (Å²) in [7, 11) is -0.579. The number of ether oxygens (including phenoxy) is 6. The molecule has 4 aromatic carbocycles. The third-order valence-electron chi connectivity index (χ3n) is 9.72. The molecule has 70 heavy (non-hydrogen) atoms. The van der Waals surface area contributed by atoms with E-state index in [4.69, 9.17) is 51.1 Å². The van der Waals surface area contributed by atoms with Crippen molar-refractivity contribution in [2.24, 2.45) is 0 Å². The molecule has 2 aromatic heterocycles. The molecule has 0 saturated carbocycles. The summed E-state index contributed by atoms with van der Waals surface area (Å²) < 4.78 is 58.8. The number of benzene rings is 4. The van der Waals surface area contributed by atoms with E-state index in [0.29, 0.717) is 39.5 Å². The molecule has 364 valence electrons. The third kappa shape index (κ3) is 14.3. The molecule has 0 aliphatic carbocycles. The second kappa shape index (κ2) is 25.4. The van der Waals surface area contributed by atoms with Crippen LogP contribution in [0.1, 0.15) is 58.3 Å². The first-order valence-electron chi connectivity index (χ1n) is 20.6. The first-order chi connectivity index (χ1) is 33.1. The Morgan fingerprint density at radius 1 is 0.714 bits per heavy atom. The molecule has 2 aliphatic rings. The fourth-order valence-electron chi connectivity index (χ4n) is 6.81. The Hall–Kier alpha value is -6.41. The quantitative estimate of drug-likeness (QED) is 0.0619. The largest absolute Gasteiger partial charge is 1.00 e. The number of cyclic esters (lactones) is 2. The van der Waals surface area contributed by atoms with Gasteiger partial charge in [0.25, 0.3) is 15.9 Å². The summed E-state index contributed by atoms with van der Waals surface area (Å²) in [4.78, 5) is 52.2. The van der Waals surface area contributed by atoms with E-state index in [1.165, 1.54) is 16.8 Å². The zero-order chi connectivity index (χ0) is 49.7. The molecule has 2 aliphatic heterocycles. The standard InChI is InChI=1S/C21H20ClN5O5.C18H18ClNO6S.C4H6N4O2.Na/c1-3-31-20(28)19-23-25-26(24-19)12-17-18(13-5-4-6-16(11-13)30-2)27(21(29)32-17)15-9-7-14(22)8-10-15;1-24-15-5-3-4-12(10-15)17-16(11-25-27(2,22)23)26-18(21)20(17)14-8-6-13(19)7-9-14;1-2-10-4(9)3-5-7-8-6-3;/h4-11,17-18H,3,12H2,1-2H3;3-10,16-17H,11H2,1-2H3;2H2,1H3,(H,5,6,7,8,9);/q;;;+1/p-1/t17-,18-;16-,17-;;/m00../s1. The van der Waals surface area contributed by atoms with Crippen molar-refractivity contribution >= 4 is 68.8 Å². The number of anilines is 2. The molecule has 27 heteroatoms. The SMILES string of the molecule is CCOC(=O)c1nn[n-]n1.CCOC(=O)c1nnn(C[C@@H]2OC(=O)N(c3ccc(Cl)cc3)[C@H]2c2cccc(OC)c2)n1.COc1cccc([C@H]2[C@H](COS(C)(=O)=O)OC(=O)N2c2ccc(Cl)cc2)c1.[Na+]. The number of aromatic nitrogens is 8. The van der Waals surface area contributed by atoms with E-state index in [2.05, 4.69) is 40.8 Å². The number of amides is 2. The number of methoxy groups -OCH3 is 2. The maximum atomic E-state index is 12.9. The average molecular weight is 1030 g/mol. The molecular formula is C43H43Cl2N10NaO13S. The van der Waals surface area contributed by atoms with Crippen molar-refractivity contribution in [3.63, 3.8) is 0 Å². The second-order valence-corrected chi connectivity index (χ2v) is 16.8. The summed E-state index contributed by atoms with van der Waals surface area (Å²) in [5, 5.41) is 25.6. The van der Waals surface area contributed by atoms with Crippen molar-refractivity contribution < 1.29 is 89.8 Å². The number of esters is 2. The van der Waals surface area contributed by atoms with Crippen LogP contribution in [0.4, 0.5) is 21.0 Å². The van der Waals surface area contributed by atoms with E-state index in [0.717, 1.165) is 17.4 Å². The molecule has 0 unspecified atom stereocenters. The number of rotatable bonds is 15. The minimum Gasteiger partial charge on any atom is -0.497 e. The number of hydrogen-bond acceptors (Lipinski definition) is 19. The molecule has 2 fully saturated rings. The maximum absolute atomic E-state index is 12.9. The van der Waals surface area contributed by atoms with Gasteiger partial charge in [0.1, 0.15) is 42.8 Å². The van der Waals surface area contributed by atoms with E-state index >= 15 is 0 Å². The molecular weight excluding hydrogens is 990 g/mol. The van der Waals surface area contributed by atoms with Crippen LogP contribution in [0.2, 0.25) is 10.0 Å². The number of hydrogen-bond donors (Lipinski definition) is 0. The summed E-state index contributed by atoms with van der Waals surface area (Å²) >= 11 is 12.0. The maximum Gasteiger partial charge on any atom is 1.00 e. The number of carbonyl (C=O) groups excluding carboxylic acids is 4. The molecule has 2 amide bonds. The van der Waals surface area contributed by atoms with Gasteiger partial charge in [0.05, 0.1) is 33.7 Å². The molecule has 8 rings (SSSR count). The minimum atomic E-state index is -3.69. The van der Waals surface area contributed by atoms with Gasteiger partial charge >= 0.3 is 53.7 Å². The number of halogens is 2. The van der Waals surface area contributed by atoms with Crippen LogP contribution in [-0.4, -0.2) is 121 Å². The van der Waals surface area contributed by atoms with Crippen molar-refractivity contribution in [3.8, 4) is 11.5 Å². The number of nitrogens with zero attached hydrogens (tertiary/aromatic N) is 10. The fraction of sp³-hybridized carbons (Fsp3) is 0.302. The predicted molar refractivity (Wildman–Crippen MR) is 244 cm³/mol. The van der Waals surface area contributed by atoms with Crippen molar-refractivity contribution in [1.82, 2.24) is 40.8 Å². The molecule has 4 heterocycles. The molecule has 0 N–H and O–H groups in total.